The number of hydrogen-bond acceptors (Lipinski definition) is 5. The summed E-state index contributed by atoms with van der Waals surface area (Å²) in [7, 11) is 0. The van der Waals surface area contributed by atoms with Crippen molar-refractivity contribution in [2.45, 2.75) is 19.4 Å². The molecule has 0 aliphatic carbocycles. The first-order valence-corrected chi connectivity index (χ1v) is 6.74. The molecule has 0 saturated heterocycles. The predicted octanol–water partition coefficient (Wildman–Crippen LogP) is -0.676. The third-order valence-electron chi connectivity index (χ3n) is 2.74. The fraction of sp³-hybridized carbons (Fsp3) is 0.231. The second-order valence-corrected chi connectivity index (χ2v) is 4.57. The molecule has 0 aliphatic heterocycles. The summed E-state index contributed by atoms with van der Waals surface area (Å²) in [4.78, 5) is 29.6. The normalized spacial score (nSPS) is 12.2. The number of aliphatic imine (C=N–C) groups is 1. The van der Waals surface area contributed by atoms with Crippen LogP contribution in [0, 0.1) is 16.6 Å². The van der Waals surface area contributed by atoms with E-state index in [1.54, 1.807) is 6.92 Å². The Kier molecular flexibility index (Phi) is 6.47. The zero-order valence-corrected chi connectivity index (χ0v) is 12.8. The number of aromatic nitrogens is 1. The Hall–Kier alpha value is -3.37. The van der Waals surface area contributed by atoms with Gasteiger partial charge in [0, 0.05) is 6.07 Å². The van der Waals surface area contributed by atoms with Gasteiger partial charge in [-0.3, -0.25) is 25.4 Å². The second kappa shape index (κ2) is 8.31. The molecule has 1 rings (SSSR count). The van der Waals surface area contributed by atoms with Gasteiger partial charge in [-0.1, -0.05) is 6.92 Å². The van der Waals surface area contributed by atoms with Crippen molar-refractivity contribution >= 4 is 35.0 Å². The van der Waals surface area contributed by atoms with Crippen molar-refractivity contribution < 1.29 is 14.0 Å². The van der Waals surface area contributed by atoms with E-state index in [4.69, 9.17) is 22.3 Å². The summed E-state index contributed by atoms with van der Waals surface area (Å²) < 4.78 is 13.2. The largest absolute Gasteiger partial charge is 0.368 e. The first kappa shape index (κ1) is 18.7. The van der Waals surface area contributed by atoms with Crippen molar-refractivity contribution in [2.75, 3.05) is 5.32 Å². The summed E-state index contributed by atoms with van der Waals surface area (Å²) in [5, 5.41) is 20.2. The fourth-order valence-corrected chi connectivity index (χ4v) is 1.56. The number of anilines is 1. The van der Waals surface area contributed by atoms with Crippen LogP contribution < -0.4 is 22.1 Å². The molecule has 1 aromatic heterocycles. The minimum atomic E-state index is -1.11. The zero-order valence-electron chi connectivity index (χ0n) is 12.8. The van der Waals surface area contributed by atoms with Crippen molar-refractivity contribution in [3.05, 3.63) is 24.3 Å². The minimum Gasteiger partial charge on any atom is -0.368 e. The second-order valence-electron chi connectivity index (χ2n) is 4.57. The molecular weight excluding hydrogens is 319 g/mol. The monoisotopic (exact) mass is 336 g/mol. The Labute approximate surface area is 136 Å². The van der Waals surface area contributed by atoms with Crippen LogP contribution in [0.25, 0.3) is 0 Å². The first-order chi connectivity index (χ1) is 11.2. The molecule has 0 fully saturated rings. The van der Waals surface area contributed by atoms with Crippen LogP contribution in [0.4, 0.5) is 10.1 Å². The average Bonchev–Trinajstić information content (AvgIpc) is 2.50. The Bertz CT molecular complexity index is 703. The van der Waals surface area contributed by atoms with Gasteiger partial charge >= 0.3 is 0 Å². The lowest BCUT2D eigenvalue weighted by molar-refractivity contribution is -0.119. The van der Waals surface area contributed by atoms with Crippen LogP contribution in [-0.4, -0.2) is 40.3 Å². The predicted molar refractivity (Wildman–Crippen MR) is 86.3 cm³/mol. The van der Waals surface area contributed by atoms with E-state index in [1.165, 1.54) is 6.20 Å². The smallest absolute Gasteiger partial charge is 0.270 e. The Morgan fingerprint density at radius 2 is 2.04 bits per heavy atom. The number of nitrogens with one attached hydrogen (secondary N) is 4. The van der Waals surface area contributed by atoms with Gasteiger partial charge < -0.3 is 22.1 Å². The minimum absolute atomic E-state index is 0.0921. The van der Waals surface area contributed by atoms with E-state index >= 15 is 0 Å². The maximum Gasteiger partial charge on any atom is 0.270 e. The van der Waals surface area contributed by atoms with E-state index in [9.17, 15) is 14.0 Å². The number of primary amides is 2. The van der Waals surface area contributed by atoms with Crippen molar-refractivity contribution in [2.24, 2.45) is 16.5 Å². The molecule has 1 aromatic rings. The molecule has 2 amide bonds. The lowest BCUT2D eigenvalue weighted by Crippen LogP contribution is -2.44. The molecule has 0 unspecified atom stereocenters. The van der Waals surface area contributed by atoms with Crippen LogP contribution in [0.15, 0.2) is 23.5 Å². The molecular formula is C13H17FN8O2. The third-order valence-corrected chi connectivity index (χ3v) is 2.74. The molecule has 8 N–H and O–H groups in total. The number of rotatable bonds is 6. The molecule has 0 radical (unpaired) electrons. The van der Waals surface area contributed by atoms with Gasteiger partial charge in [0.05, 0.1) is 18.1 Å². The van der Waals surface area contributed by atoms with E-state index in [0.717, 1.165) is 12.3 Å². The van der Waals surface area contributed by atoms with Gasteiger partial charge in [0.15, 0.2) is 11.5 Å². The highest BCUT2D eigenvalue weighted by atomic mass is 19.1. The molecule has 0 bridgehead atoms. The molecule has 1 heterocycles. The van der Waals surface area contributed by atoms with Crippen LogP contribution >= 0.6 is 0 Å². The summed E-state index contributed by atoms with van der Waals surface area (Å²) in [6.45, 7) is 1.67. The average molecular weight is 336 g/mol. The molecule has 0 saturated carbocycles. The number of guanidine groups is 1. The molecule has 1 atom stereocenters. The topological polar surface area (TPSA) is 183 Å². The molecule has 10 nitrogen and oxygen atoms in total. The number of nitrogens with two attached hydrogens (primary N) is 2. The summed E-state index contributed by atoms with van der Waals surface area (Å²) in [6, 6.07) is 0.202. The van der Waals surface area contributed by atoms with Gasteiger partial charge in [-0.25, -0.2) is 4.39 Å². The SMILES string of the molecule is CC[C@@H](NC(=N)/N=C(/Nc1cncc(F)c1)C(=N)C(N)=O)C(N)=O. The number of amides is 2. The van der Waals surface area contributed by atoms with Crippen molar-refractivity contribution in [1.29, 1.82) is 10.8 Å². The summed E-state index contributed by atoms with van der Waals surface area (Å²) in [6.07, 6.45) is 2.49. The summed E-state index contributed by atoms with van der Waals surface area (Å²) >= 11 is 0. The molecule has 128 valence electrons. The van der Waals surface area contributed by atoms with Gasteiger partial charge in [-0.05, 0) is 6.42 Å². The third kappa shape index (κ3) is 5.44. The lowest BCUT2D eigenvalue weighted by Gasteiger charge is -2.14. The quantitative estimate of drug-likeness (QED) is 0.296. The first-order valence-electron chi connectivity index (χ1n) is 6.74. The van der Waals surface area contributed by atoms with Gasteiger partial charge in [0.25, 0.3) is 5.91 Å². The highest BCUT2D eigenvalue weighted by molar-refractivity contribution is 6.67. The van der Waals surface area contributed by atoms with Gasteiger partial charge in [-0.2, -0.15) is 4.99 Å². The molecule has 0 aliphatic rings. The van der Waals surface area contributed by atoms with Gasteiger partial charge in [-0.15, -0.1) is 0 Å². The van der Waals surface area contributed by atoms with Crippen molar-refractivity contribution in [1.82, 2.24) is 10.3 Å². The molecule has 0 spiro atoms. The highest BCUT2D eigenvalue weighted by Crippen LogP contribution is 2.07. The van der Waals surface area contributed by atoms with Crippen LogP contribution in [0.2, 0.25) is 0 Å². The number of halogens is 1. The maximum absolute atomic E-state index is 13.2. The number of pyridine rings is 1. The Morgan fingerprint density at radius 1 is 1.38 bits per heavy atom. The van der Waals surface area contributed by atoms with E-state index in [-0.39, 0.29) is 5.69 Å². The van der Waals surface area contributed by atoms with E-state index in [2.05, 4.69) is 20.6 Å². The number of carbonyl (C=O) groups excluding carboxylic acids is 2. The Balaban J connectivity index is 3.04. The van der Waals surface area contributed by atoms with Crippen LogP contribution in [0.1, 0.15) is 13.3 Å². The van der Waals surface area contributed by atoms with E-state index < -0.39 is 41.2 Å². The number of nitrogens with zero attached hydrogens (tertiary/aromatic N) is 2. The maximum atomic E-state index is 13.2. The van der Waals surface area contributed by atoms with Gasteiger partial charge in [0.2, 0.25) is 11.9 Å². The number of amidine groups is 1. The molecule has 11 heteroatoms. The Morgan fingerprint density at radius 3 is 2.54 bits per heavy atom. The molecule has 24 heavy (non-hydrogen) atoms. The number of hydrogen-bond donors (Lipinski definition) is 6. The van der Waals surface area contributed by atoms with Crippen LogP contribution in [0.3, 0.4) is 0 Å². The number of carbonyl (C=O) groups is 2. The molecule has 0 aromatic carbocycles. The van der Waals surface area contributed by atoms with Crippen molar-refractivity contribution in [3.63, 3.8) is 0 Å². The summed E-state index contributed by atoms with van der Waals surface area (Å²) in [5.74, 6) is -3.39. The fourth-order valence-electron chi connectivity index (χ4n) is 1.56. The lowest BCUT2D eigenvalue weighted by atomic mass is 10.2. The standard InChI is InChI=1S/C13H17FN8O2/c1-2-8(10(16)23)21-13(18)22-12(9(15)11(17)24)20-7-3-6(14)4-19-5-7/h3-5,8,15H,2H2,1H3,(H2,16,23)(H2,17,24)(H3,18,20,21,22)/t8-/m1/s1. The van der Waals surface area contributed by atoms with Crippen LogP contribution in [-0.2, 0) is 9.59 Å². The van der Waals surface area contributed by atoms with E-state index in [1.807, 2.05) is 0 Å². The van der Waals surface area contributed by atoms with E-state index in [0.29, 0.717) is 6.42 Å². The highest BCUT2D eigenvalue weighted by Gasteiger charge is 2.17. The van der Waals surface area contributed by atoms with Crippen molar-refractivity contribution in [3.8, 4) is 0 Å². The van der Waals surface area contributed by atoms with Crippen LogP contribution in [0.5, 0.6) is 0 Å². The van der Waals surface area contributed by atoms with Gasteiger partial charge in [0.1, 0.15) is 11.9 Å². The summed E-state index contributed by atoms with van der Waals surface area (Å²) in [5.41, 5.74) is 9.53. The zero-order chi connectivity index (χ0) is 18.3.